The molecule has 1 heterocycles. The molecule has 2 rings (SSSR count). The lowest BCUT2D eigenvalue weighted by atomic mass is 9.77. The Morgan fingerprint density at radius 3 is 2.36 bits per heavy atom. The molecule has 1 aromatic carbocycles. The summed E-state index contributed by atoms with van der Waals surface area (Å²) in [7, 11) is 1.02. The second-order valence-corrected chi connectivity index (χ2v) is 7.07. The van der Waals surface area contributed by atoms with Crippen LogP contribution in [0.2, 0.25) is 0 Å². The van der Waals surface area contributed by atoms with E-state index in [0.717, 1.165) is 27.0 Å². The Hall–Kier alpha value is -1.17. The van der Waals surface area contributed by atoms with Gasteiger partial charge in [-0.1, -0.05) is 6.92 Å². The number of carboxylic acids is 1. The van der Waals surface area contributed by atoms with Gasteiger partial charge in [0.15, 0.2) is 23.3 Å². The van der Waals surface area contributed by atoms with Crippen LogP contribution in [0.15, 0.2) is 6.07 Å². The van der Waals surface area contributed by atoms with Crippen molar-refractivity contribution in [3.05, 3.63) is 26.8 Å². The fourth-order valence-electron chi connectivity index (χ4n) is 3.06. The van der Waals surface area contributed by atoms with Crippen LogP contribution in [0, 0.1) is 21.1 Å². The molecule has 0 unspecified atom stereocenters. The summed E-state index contributed by atoms with van der Waals surface area (Å²) in [5, 5.41) is 9.31. The number of carboxylic acid groups (broad SMARTS) is 1. The van der Waals surface area contributed by atoms with Crippen molar-refractivity contribution in [2.45, 2.75) is 37.6 Å². The van der Waals surface area contributed by atoms with E-state index in [1.54, 1.807) is 0 Å². The summed E-state index contributed by atoms with van der Waals surface area (Å²) in [6.07, 6.45) is -6.75. The quantitative estimate of drug-likeness (QED) is 0.402. The summed E-state index contributed by atoms with van der Waals surface area (Å²) in [6.45, 7) is 1.90. The molecule has 1 N–H and O–H groups in total. The van der Waals surface area contributed by atoms with Gasteiger partial charge < -0.3 is 14.6 Å². The van der Waals surface area contributed by atoms with Gasteiger partial charge in [0, 0.05) is 17.4 Å². The van der Waals surface area contributed by atoms with E-state index in [0.29, 0.717) is 0 Å². The maximum Gasteiger partial charge on any atom is 0.417 e. The summed E-state index contributed by atoms with van der Waals surface area (Å²) in [6, 6.07) is 1.08. The lowest BCUT2D eigenvalue weighted by Crippen LogP contribution is -2.47. The first kappa shape index (κ1) is 20.1. The van der Waals surface area contributed by atoms with Crippen molar-refractivity contribution in [1.82, 2.24) is 0 Å². The van der Waals surface area contributed by atoms with Gasteiger partial charge in [0.25, 0.3) is 0 Å². The lowest BCUT2D eigenvalue weighted by Gasteiger charge is -2.32. The van der Waals surface area contributed by atoms with Gasteiger partial charge >= 0.3 is 12.1 Å². The predicted octanol–water partition coefficient (Wildman–Crippen LogP) is 4.10. The maximum absolute atomic E-state index is 14.1. The smallest absolute Gasteiger partial charge is 0.417 e. The van der Waals surface area contributed by atoms with Crippen molar-refractivity contribution in [2.75, 3.05) is 7.11 Å². The molecule has 0 aliphatic carbocycles. The molecule has 1 saturated heterocycles. The Labute approximate surface area is 153 Å². The average Bonchev–Trinajstić information content (AvgIpc) is 2.78. The summed E-state index contributed by atoms with van der Waals surface area (Å²) >= 11 is 1.47. The minimum atomic E-state index is -4.85. The summed E-state index contributed by atoms with van der Waals surface area (Å²) < 4.78 is 77.7. The molecule has 0 aromatic heterocycles. The van der Waals surface area contributed by atoms with Crippen LogP contribution >= 0.6 is 22.6 Å². The number of alkyl halides is 3. The number of ether oxygens (including phenoxy) is 2. The van der Waals surface area contributed by atoms with Gasteiger partial charge in [-0.3, -0.25) is 0 Å². The Morgan fingerprint density at radius 2 is 1.92 bits per heavy atom. The number of methoxy groups -OCH3 is 1. The van der Waals surface area contributed by atoms with Crippen LogP contribution < -0.4 is 4.74 Å². The predicted molar refractivity (Wildman–Crippen MR) is 84.5 cm³/mol. The molecule has 4 nitrogen and oxygen atoms in total. The fourth-order valence-corrected chi connectivity index (χ4v) is 3.63. The largest absolute Gasteiger partial charge is 0.493 e. The van der Waals surface area contributed by atoms with Crippen LogP contribution in [0.3, 0.4) is 0 Å². The molecule has 1 aliphatic rings. The van der Waals surface area contributed by atoms with E-state index in [9.17, 15) is 31.9 Å². The molecular weight excluding hydrogens is 466 g/mol. The second kappa shape index (κ2) is 6.53. The van der Waals surface area contributed by atoms with E-state index in [1.165, 1.54) is 22.6 Å². The highest BCUT2D eigenvalue weighted by atomic mass is 127. The van der Waals surface area contributed by atoms with Crippen LogP contribution in [-0.4, -0.2) is 36.1 Å². The molecule has 10 heteroatoms. The SMILES string of the molecule is COc1c([C@H]2[C@@H](C(=O)O)O[C@@](C)(C(F)(F)F)[C@H]2C)cc(I)c(F)c1F. The van der Waals surface area contributed by atoms with Gasteiger partial charge in [-0.25, -0.2) is 9.18 Å². The first-order valence-electron chi connectivity index (χ1n) is 7.05. The van der Waals surface area contributed by atoms with Gasteiger partial charge in [0.05, 0.1) is 10.7 Å². The molecule has 25 heavy (non-hydrogen) atoms. The second-order valence-electron chi connectivity index (χ2n) is 5.90. The van der Waals surface area contributed by atoms with E-state index >= 15 is 0 Å². The van der Waals surface area contributed by atoms with Crippen molar-refractivity contribution in [2.24, 2.45) is 5.92 Å². The number of hydrogen-bond donors (Lipinski definition) is 1. The first-order valence-corrected chi connectivity index (χ1v) is 8.13. The average molecular weight is 480 g/mol. The Morgan fingerprint density at radius 1 is 1.36 bits per heavy atom. The van der Waals surface area contributed by atoms with Crippen molar-refractivity contribution >= 4 is 28.6 Å². The standard InChI is InChI=1S/C15H14F5IO4/c1-5-8(6-4-7(21)9(16)10(17)11(6)24-3)12(13(22)23)25-14(5,2)15(18,19)20/h4-5,8,12H,1-3H3,(H,22,23)/t5-,8-,12-,14+/m0/s1. The van der Waals surface area contributed by atoms with Crippen LogP contribution in [0.5, 0.6) is 5.75 Å². The highest BCUT2D eigenvalue weighted by molar-refractivity contribution is 14.1. The van der Waals surface area contributed by atoms with Gasteiger partial charge in [0.1, 0.15) is 0 Å². The normalized spacial score (nSPS) is 29.7. The van der Waals surface area contributed by atoms with Crippen LogP contribution in [0.25, 0.3) is 0 Å². The zero-order valence-corrected chi connectivity index (χ0v) is 15.4. The van der Waals surface area contributed by atoms with Crippen molar-refractivity contribution in [3.8, 4) is 5.75 Å². The minimum Gasteiger partial charge on any atom is -0.493 e. The summed E-state index contributed by atoms with van der Waals surface area (Å²) in [4.78, 5) is 11.5. The zero-order valence-electron chi connectivity index (χ0n) is 13.2. The number of hydrogen-bond acceptors (Lipinski definition) is 3. The van der Waals surface area contributed by atoms with Crippen LogP contribution in [0.1, 0.15) is 25.3 Å². The van der Waals surface area contributed by atoms with E-state index in [1.807, 2.05) is 0 Å². The van der Waals surface area contributed by atoms with Crippen molar-refractivity contribution in [3.63, 3.8) is 0 Å². The number of rotatable bonds is 3. The number of halogens is 6. The summed E-state index contributed by atoms with van der Waals surface area (Å²) in [5.41, 5.74) is -2.94. The third kappa shape index (κ3) is 3.07. The van der Waals surface area contributed by atoms with E-state index in [2.05, 4.69) is 0 Å². The Bertz CT molecular complexity index is 708. The molecule has 1 aromatic rings. The van der Waals surface area contributed by atoms with Crippen LogP contribution in [0.4, 0.5) is 22.0 Å². The molecule has 0 radical (unpaired) electrons. The van der Waals surface area contributed by atoms with Crippen molar-refractivity contribution in [1.29, 1.82) is 0 Å². The maximum atomic E-state index is 14.1. The van der Waals surface area contributed by atoms with Gasteiger partial charge in [-0.2, -0.15) is 17.6 Å². The lowest BCUT2D eigenvalue weighted by molar-refractivity contribution is -0.273. The molecule has 0 saturated carbocycles. The van der Waals surface area contributed by atoms with Crippen LogP contribution in [-0.2, 0) is 9.53 Å². The van der Waals surface area contributed by atoms with E-state index in [-0.39, 0.29) is 9.13 Å². The van der Waals surface area contributed by atoms with E-state index in [4.69, 9.17) is 9.47 Å². The highest BCUT2D eigenvalue weighted by Crippen LogP contribution is 2.55. The fraction of sp³-hybridized carbons (Fsp3) is 0.533. The third-order valence-corrected chi connectivity index (χ3v) is 5.41. The minimum absolute atomic E-state index is 0.182. The molecular formula is C15H14F5IO4. The molecule has 0 spiro atoms. The molecule has 0 amide bonds. The topological polar surface area (TPSA) is 55.8 Å². The molecule has 140 valence electrons. The van der Waals surface area contributed by atoms with Gasteiger partial charge in [-0.05, 0) is 35.6 Å². The number of carbonyl (C=O) groups is 1. The molecule has 1 fully saturated rings. The van der Waals surface area contributed by atoms with Gasteiger partial charge in [0.2, 0.25) is 5.82 Å². The Kier molecular flexibility index (Phi) is 5.26. The summed E-state index contributed by atoms with van der Waals surface area (Å²) in [5.74, 6) is -7.65. The van der Waals surface area contributed by atoms with Gasteiger partial charge in [-0.15, -0.1) is 0 Å². The van der Waals surface area contributed by atoms with E-state index < -0.39 is 53.1 Å². The zero-order chi connectivity index (χ0) is 19.3. The number of aliphatic carboxylic acids is 1. The van der Waals surface area contributed by atoms with Crippen molar-refractivity contribution < 1.29 is 41.3 Å². The Balaban J connectivity index is 2.70. The molecule has 0 bridgehead atoms. The third-order valence-electron chi connectivity index (χ3n) is 4.62. The number of benzene rings is 1. The first-order chi connectivity index (χ1) is 11.4. The highest BCUT2D eigenvalue weighted by Gasteiger charge is 2.66. The molecule has 4 atom stereocenters. The monoisotopic (exact) mass is 480 g/mol. The molecule has 1 aliphatic heterocycles.